The predicted molar refractivity (Wildman–Crippen MR) is 82.4 cm³/mol. The second-order valence-corrected chi connectivity index (χ2v) is 6.97. The van der Waals surface area contributed by atoms with Crippen molar-refractivity contribution in [2.45, 2.75) is 64.0 Å². The Bertz CT molecular complexity index is 380. The van der Waals surface area contributed by atoms with Gasteiger partial charge in [0.05, 0.1) is 10.7 Å². The zero-order chi connectivity index (χ0) is 13.7. The molecule has 0 saturated heterocycles. The Hall–Kier alpha value is -0.450. The summed E-state index contributed by atoms with van der Waals surface area (Å²) in [6, 6.07) is 0. The molecular formula is C15H27N3S. The molecule has 1 saturated carbocycles. The zero-order valence-corrected chi connectivity index (χ0v) is 13.1. The average molecular weight is 281 g/mol. The quantitative estimate of drug-likeness (QED) is 0.920. The third kappa shape index (κ3) is 3.77. The molecule has 0 spiro atoms. The van der Waals surface area contributed by atoms with Gasteiger partial charge in [-0.3, -0.25) is 4.90 Å². The number of likely N-dealkylation sites (N-methyl/N-ethyl adjacent to an activating group) is 1. The fourth-order valence-corrected chi connectivity index (χ4v) is 3.80. The van der Waals surface area contributed by atoms with Crippen molar-refractivity contribution in [2.75, 3.05) is 13.6 Å². The summed E-state index contributed by atoms with van der Waals surface area (Å²) in [7, 11) is 2.23. The minimum atomic E-state index is 0.192. The summed E-state index contributed by atoms with van der Waals surface area (Å²) in [5, 5.41) is 3.33. The standard InChI is InChI=1S/C15H27N3S/c1-13-17-14(11-19-13)10-18(2)15(12-16)8-6-4-3-5-7-9-15/h11H,3-10,12,16H2,1-2H3. The van der Waals surface area contributed by atoms with Crippen LogP contribution >= 0.6 is 11.3 Å². The molecule has 19 heavy (non-hydrogen) atoms. The first-order chi connectivity index (χ1) is 9.16. The highest BCUT2D eigenvalue weighted by atomic mass is 32.1. The topological polar surface area (TPSA) is 42.2 Å². The van der Waals surface area contributed by atoms with Crippen LogP contribution in [-0.2, 0) is 6.54 Å². The van der Waals surface area contributed by atoms with Gasteiger partial charge in [-0.25, -0.2) is 4.98 Å². The Balaban J connectivity index is 2.05. The molecule has 2 N–H and O–H groups in total. The lowest BCUT2D eigenvalue weighted by Gasteiger charge is -2.42. The molecule has 2 rings (SSSR count). The minimum absolute atomic E-state index is 0.192. The number of thiazole rings is 1. The lowest BCUT2D eigenvalue weighted by atomic mass is 9.82. The van der Waals surface area contributed by atoms with Gasteiger partial charge < -0.3 is 5.73 Å². The number of hydrogen-bond donors (Lipinski definition) is 1. The second kappa shape index (κ2) is 6.82. The molecular weight excluding hydrogens is 254 g/mol. The van der Waals surface area contributed by atoms with Gasteiger partial charge in [-0.1, -0.05) is 32.1 Å². The molecule has 0 atom stereocenters. The first kappa shape index (κ1) is 14.9. The zero-order valence-electron chi connectivity index (χ0n) is 12.3. The summed E-state index contributed by atoms with van der Waals surface area (Å²) < 4.78 is 0. The number of nitrogens with zero attached hydrogens (tertiary/aromatic N) is 2. The molecule has 0 bridgehead atoms. The van der Waals surface area contributed by atoms with Gasteiger partial charge in [0.15, 0.2) is 0 Å². The lowest BCUT2D eigenvalue weighted by molar-refractivity contribution is 0.0855. The van der Waals surface area contributed by atoms with Gasteiger partial charge in [0, 0.05) is 24.0 Å². The molecule has 0 aromatic carbocycles. The van der Waals surface area contributed by atoms with Crippen LogP contribution in [0.25, 0.3) is 0 Å². The Morgan fingerprint density at radius 2 is 1.89 bits per heavy atom. The molecule has 1 heterocycles. The smallest absolute Gasteiger partial charge is 0.0897 e. The van der Waals surface area contributed by atoms with Gasteiger partial charge >= 0.3 is 0 Å². The average Bonchev–Trinajstić information content (AvgIpc) is 2.75. The number of aryl methyl sites for hydroxylation is 1. The maximum Gasteiger partial charge on any atom is 0.0897 e. The molecule has 3 nitrogen and oxygen atoms in total. The molecule has 0 unspecified atom stereocenters. The molecule has 1 aromatic heterocycles. The predicted octanol–water partition coefficient (Wildman–Crippen LogP) is 3.33. The number of aromatic nitrogens is 1. The van der Waals surface area contributed by atoms with Crippen molar-refractivity contribution in [3.63, 3.8) is 0 Å². The Labute approximate surface area is 121 Å². The lowest BCUT2D eigenvalue weighted by Crippen LogP contribution is -2.52. The van der Waals surface area contributed by atoms with Gasteiger partial charge in [-0.15, -0.1) is 11.3 Å². The van der Waals surface area contributed by atoms with E-state index in [-0.39, 0.29) is 5.54 Å². The van der Waals surface area contributed by atoms with E-state index in [0.717, 1.165) is 18.1 Å². The largest absolute Gasteiger partial charge is 0.329 e. The fraction of sp³-hybridized carbons (Fsp3) is 0.800. The molecule has 1 fully saturated rings. The van der Waals surface area contributed by atoms with E-state index in [4.69, 9.17) is 5.73 Å². The van der Waals surface area contributed by atoms with Gasteiger partial charge in [0.1, 0.15) is 0 Å². The van der Waals surface area contributed by atoms with Gasteiger partial charge in [0.2, 0.25) is 0 Å². The van der Waals surface area contributed by atoms with Crippen LogP contribution in [0.2, 0.25) is 0 Å². The van der Waals surface area contributed by atoms with E-state index < -0.39 is 0 Å². The minimum Gasteiger partial charge on any atom is -0.329 e. The highest BCUT2D eigenvalue weighted by Crippen LogP contribution is 2.31. The van der Waals surface area contributed by atoms with Crippen molar-refractivity contribution in [1.29, 1.82) is 0 Å². The first-order valence-corrected chi connectivity index (χ1v) is 8.36. The number of rotatable bonds is 4. The molecule has 0 aliphatic heterocycles. The second-order valence-electron chi connectivity index (χ2n) is 5.91. The summed E-state index contributed by atoms with van der Waals surface area (Å²) in [5.74, 6) is 0. The van der Waals surface area contributed by atoms with E-state index in [1.807, 2.05) is 0 Å². The molecule has 1 aliphatic carbocycles. The van der Waals surface area contributed by atoms with E-state index in [2.05, 4.69) is 29.2 Å². The van der Waals surface area contributed by atoms with Crippen LogP contribution in [0.5, 0.6) is 0 Å². The van der Waals surface area contributed by atoms with Gasteiger partial charge in [-0.05, 0) is 26.8 Å². The van der Waals surface area contributed by atoms with Crippen molar-refractivity contribution in [1.82, 2.24) is 9.88 Å². The van der Waals surface area contributed by atoms with Crippen LogP contribution in [0.1, 0.15) is 55.6 Å². The van der Waals surface area contributed by atoms with E-state index >= 15 is 0 Å². The van der Waals surface area contributed by atoms with E-state index in [1.165, 1.54) is 50.6 Å². The first-order valence-electron chi connectivity index (χ1n) is 7.49. The summed E-state index contributed by atoms with van der Waals surface area (Å²) in [6.07, 6.45) is 9.24. The summed E-state index contributed by atoms with van der Waals surface area (Å²) in [5.41, 5.74) is 7.55. The highest BCUT2D eigenvalue weighted by molar-refractivity contribution is 7.09. The van der Waals surface area contributed by atoms with Crippen LogP contribution < -0.4 is 5.73 Å². The van der Waals surface area contributed by atoms with Crippen molar-refractivity contribution in [3.8, 4) is 0 Å². The maximum atomic E-state index is 6.16. The van der Waals surface area contributed by atoms with E-state index in [1.54, 1.807) is 11.3 Å². The molecule has 4 heteroatoms. The van der Waals surface area contributed by atoms with Crippen LogP contribution in [0, 0.1) is 6.92 Å². The molecule has 0 radical (unpaired) electrons. The van der Waals surface area contributed by atoms with Crippen LogP contribution in [0.15, 0.2) is 5.38 Å². The van der Waals surface area contributed by atoms with Gasteiger partial charge in [-0.2, -0.15) is 0 Å². The van der Waals surface area contributed by atoms with Crippen molar-refractivity contribution in [3.05, 3.63) is 16.1 Å². The van der Waals surface area contributed by atoms with E-state index in [0.29, 0.717) is 0 Å². The van der Waals surface area contributed by atoms with Crippen molar-refractivity contribution >= 4 is 11.3 Å². The monoisotopic (exact) mass is 281 g/mol. The van der Waals surface area contributed by atoms with Gasteiger partial charge in [0.25, 0.3) is 0 Å². The number of nitrogens with two attached hydrogens (primary N) is 1. The van der Waals surface area contributed by atoms with Crippen LogP contribution in [-0.4, -0.2) is 29.0 Å². The molecule has 1 aliphatic rings. The van der Waals surface area contributed by atoms with Crippen LogP contribution in [0.4, 0.5) is 0 Å². The fourth-order valence-electron chi connectivity index (χ4n) is 3.20. The Morgan fingerprint density at radius 3 is 2.42 bits per heavy atom. The Kier molecular flexibility index (Phi) is 5.37. The maximum absolute atomic E-state index is 6.16. The normalized spacial score (nSPS) is 20.2. The van der Waals surface area contributed by atoms with Crippen molar-refractivity contribution < 1.29 is 0 Å². The number of hydrogen-bond acceptors (Lipinski definition) is 4. The third-order valence-electron chi connectivity index (χ3n) is 4.54. The summed E-state index contributed by atoms with van der Waals surface area (Å²) in [6.45, 7) is 3.77. The van der Waals surface area contributed by atoms with Crippen molar-refractivity contribution in [2.24, 2.45) is 5.73 Å². The highest BCUT2D eigenvalue weighted by Gasteiger charge is 2.33. The molecule has 1 aromatic rings. The molecule has 0 amide bonds. The molecule has 108 valence electrons. The third-order valence-corrected chi connectivity index (χ3v) is 5.36. The summed E-state index contributed by atoms with van der Waals surface area (Å²) >= 11 is 1.74. The SMILES string of the molecule is Cc1nc(CN(C)C2(CN)CCCCCCC2)cs1. The Morgan fingerprint density at radius 1 is 1.26 bits per heavy atom. The van der Waals surface area contributed by atoms with E-state index in [9.17, 15) is 0 Å². The van der Waals surface area contributed by atoms with Crippen LogP contribution in [0.3, 0.4) is 0 Å². The summed E-state index contributed by atoms with van der Waals surface area (Å²) in [4.78, 5) is 7.05.